The Bertz CT molecular complexity index is 435. The van der Waals surface area contributed by atoms with Crippen LogP contribution in [0, 0.1) is 0 Å². The summed E-state index contributed by atoms with van der Waals surface area (Å²) in [5, 5.41) is 0. The Morgan fingerprint density at radius 3 is 2.93 bits per heavy atom. The SMILES string of the molecule is COc1cccc2c1CC(C)(N=C=O)C2. The molecule has 2 rings (SSSR count). The van der Waals surface area contributed by atoms with E-state index < -0.39 is 0 Å². The zero-order chi connectivity index (χ0) is 10.9. The smallest absolute Gasteiger partial charge is 0.235 e. The number of hydrogen-bond donors (Lipinski definition) is 0. The van der Waals surface area contributed by atoms with Crippen molar-refractivity contribution in [1.29, 1.82) is 0 Å². The van der Waals surface area contributed by atoms with Crippen LogP contribution in [0.2, 0.25) is 0 Å². The van der Waals surface area contributed by atoms with Crippen LogP contribution >= 0.6 is 0 Å². The number of isocyanates is 1. The van der Waals surface area contributed by atoms with Gasteiger partial charge in [-0.2, -0.15) is 4.99 Å². The third-order valence-corrected chi connectivity index (χ3v) is 2.89. The third kappa shape index (κ3) is 1.66. The van der Waals surface area contributed by atoms with Gasteiger partial charge < -0.3 is 4.74 Å². The molecular formula is C12H13NO2. The molecule has 1 aliphatic carbocycles. The molecule has 0 spiro atoms. The first kappa shape index (κ1) is 9.94. The predicted molar refractivity (Wildman–Crippen MR) is 56.9 cm³/mol. The molecule has 0 aliphatic heterocycles. The molecule has 3 nitrogen and oxygen atoms in total. The number of benzene rings is 1. The van der Waals surface area contributed by atoms with Gasteiger partial charge in [0, 0.05) is 6.42 Å². The predicted octanol–water partition coefficient (Wildman–Crippen LogP) is 1.89. The van der Waals surface area contributed by atoms with Crippen LogP contribution in [-0.2, 0) is 17.6 Å². The first-order chi connectivity index (χ1) is 7.18. The van der Waals surface area contributed by atoms with Gasteiger partial charge in [0.05, 0.1) is 12.6 Å². The fourth-order valence-electron chi connectivity index (χ4n) is 2.21. The molecule has 1 unspecified atom stereocenters. The molecule has 1 aromatic rings. The van der Waals surface area contributed by atoms with E-state index in [4.69, 9.17) is 4.74 Å². The lowest BCUT2D eigenvalue weighted by molar-refractivity contribution is 0.406. The minimum Gasteiger partial charge on any atom is -0.496 e. The number of methoxy groups -OCH3 is 1. The van der Waals surface area contributed by atoms with Crippen LogP contribution < -0.4 is 4.74 Å². The average Bonchev–Trinajstić information content (AvgIpc) is 2.53. The van der Waals surface area contributed by atoms with Gasteiger partial charge >= 0.3 is 0 Å². The lowest BCUT2D eigenvalue weighted by Gasteiger charge is -2.14. The summed E-state index contributed by atoms with van der Waals surface area (Å²) in [7, 11) is 1.66. The van der Waals surface area contributed by atoms with E-state index in [0.717, 1.165) is 18.6 Å². The number of nitrogens with zero attached hydrogens (tertiary/aromatic N) is 1. The molecule has 0 radical (unpaired) electrons. The molecule has 0 amide bonds. The Hall–Kier alpha value is -1.60. The van der Waals surface area contributed by atoms with E-state index in [0.29, 0.717) is 0 Å². The van der Waals surface area contributed by atoms with Crippen molar-refractivity contribution in [2.75, 3.05) is 7.11 Å². The molecule has 0 N–H and O–H groups in total. The van der Waals surface area contributed by atoms with E-state index in [-0.39, 0.29) is 5.54 Å². The molecule has 0 fully saturated rings. The van der Waals surface area contributed by atoms with Crippen molar-refractivity contribution in [3.63, 3.8) is 0 Å². The standard InChI is InChI=1S/C12H13NO2/c1-12(13-8-14)6-9-4-3-5-11(15-2)10(9)7-12/h3-5H,6-7H2,1-2H3. The van der Waals surface area contributed by atoms with Gasteiger partial charge in [0.25, 0.3) is 0 Å². The van der Waals surface area contributed by atoms with E-state index >= 15 is 0 Å². The normalized spacial score (nSPS) is 23.1. The van der Waals surface area contributed by atoms with Gasteiger partial charge in [0.15, 0.2) is 0 Å². The Morgan fingerprint density at radius 1 is 1.47 bits per heavy atom. The highest BCUT2D eigenvalue weighted by molar-refractivity contribution is 5.47. The highest BCUT2D eigenvalue weighted by Crippen LogP contribution is 2.37. The summed E-state index contributed by atoms with van der Waals surface area (Å²) < 4.78 is 5.29. The largest absolute Gasteiger partial charge is 0.496 e. The molecule has 15 heavy (non-hydrogen) atoms. The van der Waals surface area contributed by atoms with Gasteiger partial charge in [0.1, 0.15) is 5.75 Å². The van der Waals surface area contributed by atoms with Crippen molar-refractivity contribution < 1.29 is 9.53 Å². The Labute approximate surface area is 88.8 Å². The molecule has 0 aromatic heterocycles. The number of hydrogen-bond acceptors (Lipinski definition) is 3. The Kier molecular flexibility index (Phi) is 2.33. The monoisotopic (exact) mass is 203 g/mol. The topological polar surface area (TPSA) is 38.7 Å². The van der Waals surface area contributed by atoms with E-state index in [1.165, 1.54) is 11.1 Å². The molecule has 1 aliphatic rings. The second kappa shape index (κ2) is 3.52. The van der Waals surface area contributed by atoms with Crippen molar-refractivity contribution in [3.05, 3.63) is 29.3 Å². The maximum absolute atomic E-state index is 10.3. The summed E-state index contributed by atoms with van der Waals surface area (Å²) in [5.74, 6) is 0.886. The fraction of sp³-hybridized carbons (Fsp3) is 0.417. The molecule has 0 saturated carbocycles. The maximum Gasteiger partial charge on any atom is 0.235 e. The molecule has 1 aromatic carbocycles. The fourth-order valence-corrected chi connectivity index (χ4v) is 2.21. The number of fused-ring (bicyclic) bond motifs is 1. The number of rotatable bonds is 2. The molecular weight excluding hydrogens is 190 g/mol. The number of aliphatic imine (C=N–C) groups is 1. The third-order valence-electron chi connectivity index (χ3n) is 2.89. The summed E-state index contributed by atoms with van der Waals surface area (Å²) in [6.45, 7) is 1.97. The van der Waals surface area contributed by atoms with Crippen LogP contribution in [0.15, 0.2) is 23.2 Å². The van der Waals surface area contributed by atoms with Crippen LogP contribution in [0.3, 0.4) is 0 Å². The number of carbonyl (C=O) groups excluding carboxylic acids is 1. The first-order valence-electron chi connectivity index (χ1n) is 4.92. The van der Waals surface area contributed by atoms with Gasteiger partial charge in [0.2, 0.25) is 6.08 Å². The summed E-state index contributed by atoms with van der Waals surface area (Å²) in [6.07, 6.45) is 3.19. The maximum atomic E-state index is 10.3. The van der Waals surface area contributed by atoms with Crippen LogP contribution in [-0.4, -0.2) is 18.7 Å². The minimum absolute atomic E-state index is 0.335. The Balaban J connectivity index is 2.42. The van der Waals surface area contributed by atoms with Crippen LogP contribution in [0.25, 0.3) is 0 Å². The van der Waals surface area contributed by atoms with Crippen molar-refractivity contribution >= 4 is 6.08 Å². The van der Waals surface area contributed by atoms with Crippen molar-refractivity contribution in [2.24, 2.45) is 4.99 Å². The zero-order valence-corrected chi connectivity index (χ0v) is 8.91. The highest BCUT2D eigenvalue weighted by Gasteiger charge is 2.34. The van der Waals surface area contributed by atoms with Crippen LogP contribution in [0.1, 0.15) is 18.1 Å². The van der Waals surface area contributed by atoms with Crippen molar-refractivity contribution in [1.82, 2.24) is 0 Å². The van der Waals surface area contributed by atoms with Gasteiger partial charge in [-0.05, 0) is 30.5 Å². The van der Waals surface area contributed by atoms with E-state index in [1.54, 1.807) is 13.2 Å². The quantitative estimate of drug-likeness (QED) is 0.544. The van der Waals surface area contributed by atoms with Gasteiger partial charge in [-0.15, -0.1) is 0 Å². The lowest BCUT2D eigenvalue weighted by Crippen LogP contribution is -2.21. The molecule has 3 heteroatoms. The molecule has 0 saturated heterocycles. The summed E-state index contributed by atoms with van der Waals surface area (Å²) in [4.78, 5) is 14.2. The van der Waals surface area contributed by atoms with Crippen LogP contribution in [0.5, 0.6) is 5.75 Å². The molecule has 78 valence electrons. The van der Waals surface area contributed by atoms with E-state index in [1.807, 2.05) is 19.1 Å². The first-order valence-corrected chi connectivity index (χ1v) is 4.92. The minimum atomic E-state index is -0.335. The van der Waals surface area contributed by atoms with Crippen molar-refractivity contribution in [3.8, 4) is 5.75 Å². The highest BCUT2D eigenvalue weighted by atomic mass is 16.5. The molecule has 1 atom stereocenters. The summed E-state index contributed by atoms with van der Waals surface area (Å²) in [6, 6.07) is 5.96. The summed E-state index contributed by atoms with van der Waals surface area (Å²) >= 11 is 0. The second-order valence-corrected chi connectivity index (χ2v) is 4.15. The van der Waals surface area contributed by atoms with Crippen LogP contribution in [0.4, 0.5) is 0 Å². The molecule has 0 bridgehead atoms. The number of ether oxygens (including phenoxy) is 1. The van der Waals surface area contributed by atoms with Gasteiger partial charge in [-0.25, -0.2) is 4.79 Å². The second-order valence-electron chi connectivity index (χ2n) is 4.15. The van der Waals surface area contributed by atoms with Gasteiger partial charge in [-0.1, -0.05) is 12.1 Å². The Morgan fingerprint density at radius 2 is 2.27 bits per heavy atom. The van der Waals surface area contributed by atoms with E-state index in [9.17, 15) is 4.79 Å². The van der Waals surface area contributed by atoms with Gasteiger partial charge in [-0.3, -0.25) is 0 Å². The molecule has 0 heterocycles. The average molecular weight is 203 g/mol. The van der Waals surface area contributed by atoms with Crippen molar-refractivity contribution in [2.45, 2.75) is 25.3 Å². The zero-order valence-electron chi connectivity index (χ0n) is 8.91. The summed E-state index contributed by atoms with van der Waals surface area (Å²) in [5.41, 5.74) is 2.05. The van der Waals surface area contributed by atoms with E-state index in [2.05, 4.69) is 11.1 Å². The lowest BCUT2D eigenvalue weighted by atomic mass is 10.00.